The van der Waals surface area contributed by atoms with E-state index in [2.05, 4.69) is 41.3 Å². The first-order valence-electron chi connectivity index (χ1n) is 7.24. The van der Waals surface area contributed by atoms with E-state index in [1.165, 1.54) is 21.8 Å². The van der Waals surface area contributed by atoms with Crippen molar-refractivity contribution in [1.29, 1.82) is 0 Å². The second kappa shape index (κ2) is 5.90. The highest BCUT2D eigenvalue weighted by atomic mass is 32.1. The molecule has 3 nitrogen and oxygen atoms in total. The quantitative estimate of drug-likeness (QED) is 0.855. The lowest BCUT2D eigenvalue weighted by Gasteiger charge is -2.17. The zero-order valence-electron chi connectivity index (χ0n) is 12.1. The zero-order chi connectivity index (χ0) is 14.8. The van der Waals surface area contributed by atoms with E-state index >= 15 is 0 Å². The van der Waals surface area contributed by atoms with Crippen molar-refractivity contribution >= 4 is 17.3 Å². The Hall–Kier alpha value is -1.81. The molecule has 0 radical (unpaired) electrons. The van der Waals surface area contributed by atoms with Crippen molar-refractivity contribution in [2.45, 2.75) is 31.6 Å². The van der Waals surface area contributed by atoms with E-state index in [1.54, 1.807) is 11.3 Å². The summed E-state index contributed by atoms with van der Waals surface area (Å²) < 4.78 is 2.27. The van der Waals surface area contributed by atoms with E-state index in [4.69, 9.17) is 5.11 Å². The number of carboxylic acids is 1. The second-order valence-electron chi connectivity index (χ2n) is 5.48. The average molecular weight is 301 g/mol. The van der Waals surface area contributed by atoms with E-state index in [0.717, 1.165) is 12.8 Å². The van der Waals surface area contributed by atoms with E-state index in [0.29, 0.717) is 6.42 Å². The van der Waals surface area contributed by atoms with Crippen LogP contribution in [0.4, 0.5) is 0 Å². The predicted molar refractivity (Wildman–Crippen MR) is 85.0 cm³/mol. The third-order valence-electron chi connectivity index (χ3n) is 4.19. The van der Waals surface area contributed by atoms with Crippen LogP contribution in [0, 0.1) is 0 Å². The SMILES string of the molecule is Cn1c(C(CCC(=O)O)c2cccs2)cc2c1CC=CC2. The highest BCUT2D eigenvalue weighted by molar-refractivity contribution is 7.10. The van der Waals surface area contributed by atoms with Gasteiger partial charge in [-0.1, -0.05) is 18.2 Å². The van der Waals surface area contributed by atoms with Gasteiger partial charge in [-0.2, -0.15) is 0 Å². The Bertz CT molecular complexity index is 667. The molecule has 1 unspecified atom stereocenters. The number of thiophene rings is 1. The molecule has 2 heterocycles. The molecule has 2 aromatic heterocycles. The maximum absolute atomic E-state index is 11.0. The Kier molecular flexibility index (Phi) is 3.97. The van der Waals surface area contributed by atoms with Crippen LogP contribution in [0.5, 0.6) is 0 Å². The highest BCUT2D eigenvalue weighted by Crippen LogP contribution is 2.35. The summed E-state index contributed by atoms with van der Waals surface area (Å²) in [6.07, 6.45) is 7.24. The third-order valence-corrected chi connectivity index (χ3v) is 5.18. The van der Waals surface area contributed by atoms with E-state index in [1.807, 2.05) is 6.07 Å². The number of aliphatic carboxylic acids is 1. The molecule has 4 heteroatoms. The average Bonchev–Trinajstić information content (AvgIpc) is 3.09. The molecule has 1 aliphatic carbocycles. The largest absolute Gasteiger partial charge is 0.481 e. The lowest BCUT2D eigenvalue weighted by molar-refractivity contribution is -0.137. The fraction of sp³-hybridized carbons (Fsp3) is 0.353. The highest BCUT2D eigenvalue weighted by Gasteiger charge is 2.23. The first-order chi connectivity index (χ1) is 10.2. The maximum Gasteiger partial charge on any atom is 0.303 e. The molecule has 0 aromatic carbocycles. The minimum absolute atomic E-state index is 0.178. The van der Waals surface area contributed by atoms with Gasteiger partial charge >= 0.3 is 5.97 Å². The number of hydrogen-bond donors (Lipinski definition) is 1. The van der Waals surface area contributed by atoms with Gasteiger partial charge < -0.3 is 9.67 Å². The molecular formula is C17H19NO2S. The van der Waals surface area contributed by atoms with Gasteiger partial charge in [0, 0.05) is 42.1 Å². The molecule has 3 rings (SSSR count). The number of carboxylic acid groups (broad SMARTS) is 1. The lowest BCUT2D eigenvalue weighted by atomic mass is 9.96. The summed E-state index contributed by atoms with van der Waals surface area (Å²) in [4.78, 5) is 12.2. The first-order valence-corrected chi connectivity index (χ1v) is 8.12. The van der Waals surface area contributed by atoms with Gasteiger partial charge in [0.2, 0.25) is 0 Å². The topological polar surface area (TPSA) is 42.2 Å². The Morgan fingerprint density at radius 2 is 2.24 bits per heavy atom. The molecule has 0 saturated carbocycles. The summed E-state index contributed by atoms with van der Waals surface area (Å²) in [6, 6.07) is 6.42. The third kappa shape index (κ3) is 2.81. The number of aromatic nitrogens is 1. The van der Waals surface area contributed by atoms with E-state index in [-0.39, 0.29) is 12.3 Å². The molecule has 0 amide bonds. The summed E-state index contributed by atoms with van der Waals surface area (Å²) in [5, 5.41) is 11.1. The molecule has 1 N–H and O–H groups in total. The summed E-state index contributed by atoms with van der Waals surface area (Å²) in [6.45, 7) is 0. The van der Waals surface area contributed by atoms with Crippen LogP contribution in [-0.2, 0) is 24.7 Å². The van der Waals surface area contributed by atoms with Crippen LogP contribution in [-0.4, -0.2) is 15.6 Å². The van der Waals surface area contributed by atoms with Gasteiger partial charge in [-0.05, 0) is 35.9 Å². The van der Waals surface area contributed by atoms with Crippen molar-refractivity contribution in [1.82, 2.24) is 4.57 Å². The molecule has 2 aromatic rings. The number of hydrogen-bond acceptors (Lipinski definition) is 2. The Balaban J connectivity index is 1.96. The van der Waals surface area contributed by atoms with Gasteiger partial charge in [0.15, 0.2) is 0 Å². The summed E-state index contributed by atoms with van der Waals surface area (Å²) in [5.74, 6) is -0.547. The van der Waals surface area contributed by atoms with E-state index in [9.17, 15) is 4.79 Å². The van der Waals surface area contributed by atoms with Crippen LogP contribution in [0.3, 0.4) is 0 Å². The lowest BCUT2D eigenvalue weighted by Crippen LogP contribution is -2.09. The van der Waals surface area contributed by atoms with Gasteiger partial charge in [-0.3, -0.25) is 4.79 Å². The van der Waals surface area contributed by atoms with Crippen molar-refractivity contribution < 1.29 is 9.90 Å². The molecular weight excluding hydrogens is 282 g/mol. The monoisotopic (exact) mass is 301 g/mol. The molecule has 0 spiro atoms. The number of carbonyl (C=O) groups is 1. The summed E-state index contributed by atoms with van der Waals surface area (Å²) in [5.41, 5.74) is 3.99. The summed E-state index contributed by atoms with van der Waals surface area (Å²) >= 11 is 1.71. The number of nitrogens with zero attached hydrogens (tertiary/aromatic N) is 1. The van der Waals surface area contributed by atoms with Crippen LogP contribution in [0.25, 0.3) is 0 Å². The van der Waals surface area contributed by atoms with Crippen molar-refractivity contribution in [2.24, 2.45) is 7.05 Å². The van der Waals surface area contributed by atoms with Crippen molar-refractivity contribution in [3.63, 3.8) is 0 Å². The Morgan fingerprint density at radius 3 is 2.90 bits per heavy atom. The van der Waals surface area contributed by atoms with Crippen LogP contribution < -0.4 is 0 Å². The number of rotatable bonds is 5. The predicted octanol–water partition coefficient (Wildman–Crippen LogP) is 3.74. The molecule has 0 aliphatic heterocycles. The fourth-order valence-electron chi connectivity index (χ4n) is 3.11. The zero-order valence-corrected chi connectivity index (χ0v) is 12.9. The Morgan fingerprint density at radius 1 is 1.43 bits per heavy atom. The van der Waals surface area contributed by atoms with Gasteiger partial charge in [-0.15, -0.1) is 11.3 Å². The van der Waals surface area contributed by atoms with Crippen LogP contribution >= 0.6 is 11.3 Å². The molecule has 0 bridgehead atoms. The number of fused-ring (bicyclic) bond motifs is 1. The molecule has 1 atom stereocenters. The van der Waals surface area contributed by atoms with Crippen LogP contribution in [0.1, 0.15) is 40.6 Å². The Labute approximate surface area is 128 Å². The van der Waals surface area contributed by atoms with Crippen LogP contribution in [0.2, 0.25) is 0 Å². The minimum Gasteiger partial charge on any atom is -0.481 e. The maximum atomic E-state index is 11.0. The standard InChI is InChI=1S/C17H19NO2S/c1-18-14-6-3-2-5-12(14)11-15(18)13(8-9-17(19)20)16-7-4-10-21-16/h2-4,7,10-11,13H,5-6,8-9H2,1H3,(H,19,20). The van der Waals surface area contributed by atoms with Gasteiger partial charge in [-0.25, -0.2) is 0 Å². The van der Waals surface area contributed by atoms with Gasteiger partial charge in [0.1, 0.15) is 0 Å². The number of allylic oxidation sites excluding steroid dienone is 2. The summed E-state index contributed by atoms with van der Waals surface area (Å²) in [7, 11) is 2.11. The van der Waals surface area contributed by atoms with E-state index < -0.39 is 5.97 Å². The smallest absolute Gasteiger partial charge is 0.303 e. The van der Waals surface area contributed by atoms with Gasteiger partial charge in [0.25, 0.3) is 0 Å². The molecule has 0 saturated heterocycles. The molecule has 1 aliphatic rings. The fourth-order valence-corrected chi connectivity index (χ4v) is 3.98. The van der Waals surface area contributed by atoms with Crippen molar-refractivity contribution in [3.05, 3.63) is 57.6 Å². The molecule has 0 fully saturated rings. The van der Waals surface area contributed by atoms with Crippen molar-refractivity contribution in [3.8, 4) is 0 Å². The normalized spacial score (nSPS) is 14.9. The molecule has 21 heavy (non-hydrogen) atoms. The van der Waals surface area contributed by atoms with Gasteiger partial charge in [0.05, 0.1) is 0 Å². The van der Waals surface area contributed by atoms with Crippen LogP contribution in [0.15, 0.2) is 35.7 Å². The minimum atomic E-state index is -0.725. The first kappa shape index (κ1) is 14.1. The molecule has 110 valence electrons. The second-order valence-corrected chi connectivity index (χ2v) is 6.46. The van der Waals surface area contributed by atoms with Crippen molar-refractivity contribution in [2.75, 3.05) is 0 Å².